The molecule has 3 aliphatic rings. The summed E-state index contributed by atoms with van der Waals surface area (Å²) in [6.07, 6.45) is 13.6. The number of aromatic nitrogens is 2. The molecule has 5 rings (SSSR count). The number of hydrogen-bond acceptors (Lipinski definition) is 7. The van der Waals surface area contributed by atoms with Gasteiger partial charge in [0.15, 0.2) is 0 Å². The van der Waals surface area contributed by atoms with Gasteiger partial charge in [0.25, 0.3) is 5.22 Å². The lowest BCUT2D eigenvalue weighted by atomic mass is 9.88. The Hall–Kier alpha value is -1.91. The van der Waals surface area contributed by atoms with Gasteiger partial charge < -0.3 is 9.32 Å². The molecule has 0 unspecified atom stereocenters. The van der Waals surface area contributed by atoms with Gasteiger partial charge in [-0.05, 0) is 62.8 Å². The predicted octanol–water partition coefficient (Wildman–Crippen LogP) is 5.11. The van der Waals surface area contributed by atoms with Gasteiger partial charge in [-0.2, -0.15) is 4.31 Å². The molecule has 0 radical (unpaired) electrons. The van der Waals surface area contributed by atoms with Crippen LogP contribution in [0.2, 0.25) is 0 Å². The molecule has 1 aromatic heterocycles. The van der Waals surface area contributed by atoms with Crippen molar-refractivity contribution < 1.29 is 17.6 Å². The van der Waals surface area contributed by atoms with Crippen molar-refractivity contribution in [1.29, 1.82) is 0 Å². The fraction of sp³-hybridized carbons (Fsp3) is 0.654. The first kappa shape index (κ1) is 25.7. The quantitative estimate of drug-likeness (QED) is 0.436. The first-order valence-electron chi connectivity index (χ1n) is 13.4. The summed E-state index contributed by atoms with van der Waals surface area (Å²) < 4.78 is 32.9. The van der Waals surface area contributed by atoms with Gasteiger partial charge in [-0.15, -0.1) is 10.2 Å². The lowest BCUT2D eigenvalue weighted by Crippen LogP contribution is -2.49. The average molecular weight is 533 g/mol. The molecule has 36 heavy (non-hydrogen) atoms. The first-order valence-corrected chi connectivity index (χ1v) is 15.8. The Bertz CT molecular complexity index is 1100. The third kappa shape index (κ3) is 5.81. The number of benzene rings is 1. The van der Waals surface area contributed by atoms with E-state index in [4.69, 9.17) is 4.42 Å². The van der Waals surface area contributed by atoms with Crippen LogP contribution >= 0.6 is 11.8 Å². The van der Waals surface area contributed by atoms with E-state index in [0.29, 0.717) is 47.6 Å². The molecule has 1 aliphatic heterocycles. The molecule has 0 bridgehead atoms. The third-order valence-electron chi connectivity index (χ3n) is 7.75. The van der Waals surface area contributed by atoms with Gasteiger partial charge >= 0.3 is 0 Å². The monoisotopic (exact) mass is 532 g/mol. The van der Waals surface area contributed by atoms with Crippen molar-refractivity contribution in [3.8, 4) is 11.5 Å². The molecule has 0 spiro atoms. The average Bonchev–Trinajstić information content (AvgIpc) is 3.62. The summed E-state index contributed by atoms with van der Waals surface area (Å²) in [6, 6.07) is 7.31. The molecule has 8 nitrogen and oxygen atoms in total. The van der Waals surface area contributed by atoms with E-state index in [0.717, 1.165) is 38.5 Å². The minimum atomic E-state index is -3.46. The topological polar surface area (TPSA) is 96.6 Å². The Kier molecular flexibility index (Phi) is 8.32. The van der Waals surface area contributed by atoms with Crippen molar-refractivity contribution in [2.24, 2.45) is 0 Å². The zero-order chi connectivity index (χ0) is 25.0. The SMILES string of the molecule is O=C(CSc1nnc(-c2ccc(S(=O)(=O)N3CCCC3)cc2)o1)N(C1CCCCC1)C1CCCCC1. The molecule has 2 heterocycles. The number of hydrogen-bond donors (Lipinski definition) is 0. The number of nitrogens with zero attached hydrogens (tertiary/aromatic N) is 4. The summed E-state index contributed by atoms with van der Waals surface area (Å²) in [5.41, 5.74) is 0.659. The standard InChI is InChI=1S/C26H36N4O4S2/c31-24(30(21-9-3-1-4-10-21)22-11-5-2-6-12-22)19-35-26-28-27-25(34-26)20-13-15-23(16-14-20)36(32,33)29-17-7-8-18-29/h13-16,21-22H,1-12,17-19H2. The fourth-order valence-electron chi connectivity index (χ4n) is 5.85. The Labute approximate surface area is 218 Å². The van der Waals surface area contributed by atoms with Crippen molar-refractivity contribution in [1.82, 2.24) is 19.4 Å². The summed E-state index contributed by atoms with van der Waals surface area (Å²) in [5, 5.41) is 8.63. The predicted molar refractivity (Wildman–Crippen MR) is 139 cm³/mol. The van der Waals surface area contributed by atoms with Crippen molar-refractivity contribution in [2.45, 2.75) is 99.3 Å². The second-order valence-corrected chi connectivity index (χ2v) is 13.0. The van der Waals surface area contributed by atoms with Crippen molar-refractivity contribution in [2.75, 3.05) is 18.8 Å². The van der Waals surface area contributed by atoms with Gasteiger partial charge in [-0.25, -0.2) is 8.42 Å². The van der Waals surface area contributed by atoms with E-state index >= 15 is 0 Å². The number of rotatable bonds is 8. The molecule has 2 saturated carbocycles. The van der Waals surface area contributed by atoms with E-state index in [1.165, 1.54) is 54.6 Å². The van der Waals surface area contributed by atoms with Crippen LogP contribution in [0.1, 0.15) is 77.0 Å². The summed E-state index contributed by atoms with van der Waals surface area (Å²) in [5.74, 6) is 0.795. The maximum Gasteiger partial charge on any atom is 0.277 e. The zero-order valence-corrected chi connectivity index (χ0v) is 22.4. The zero-order valence-electron chi connectivity index (χ0n) is 20.8. The van der Waals surface area contributed by atoms with Gasteiger partial charge in [-0.1, -0.05) is 50.3 Å². The molecule has 1 amide bonds. The Morgan fingerprint density at radius 1 is 0.889 bits per heavy atom. The number of carbonyl (C=O) groups excluding carboxylic acids is 1. The molecular weight excluding hydrogens is 496 g/mol. The molecular formula is C26H36N4O4S2. The third-order valence-corrected chi connectivity index (χ3v) is 10.5. The lowest BCUT2D eigenvalue weighted by Gasteiger charge is -2.41. The number of sulfonamides is 1. The molecule has 0 N–H and O–H groups in total. The molecule has 2 aliphatic carbocycles. The summed E-state index contributed by atoms with van der Waals surface area (Å²) in [6.45, 7) is 1.15. The van der Waals surface area contributed by atoms with Crippen LogP contribution in [0.25, 0.3) is 11.5 Å². The van der Waals surface area contributed by atoms with Crippen molar-refractivity contribution in [3.05, 3.63) is 24.3 Å². The molecule has 0 atom stereocenters. The largest absolute Gasteiger partial charge is 0.411 e. The van der Waals surface area contributed by atoms with Gasteiger partial charge in [0, 0.05) is 30.7 Å². The van der Waals surface area contributed by atoms with Crippen LogP contribution in [-0.2, 0) is 14.8 Å². The van der Waals surface area contributed by atoms with Crippen LogP contribution in [0, 0.1) is 0 Å². The maximum absolute atomic E-state index is 13.4. The first-order chi connectivity index (χ1) is 17.5. The summed E-state index contributed by atoms with van der Waals surface area (Å²) >= 11 is 1.29. The minimum Gasteiger partial charge on any atom is -0.411 e. The minimum absolute atomic E-state index is 0.176. The number of thioether (sulfide) groups is 1. The molecule has 1 aromatic carbocycles. The highest BCUT2D eigenvalue weighted by Gasteiger charge is 2.32. The highest BCUT2D eigenvalue weighted by molar-refractivity contribution is 7.99. The number of amides is 1. The Balaban J connectivity index is 1.22. The van der Waals surface area contributed by atoms with Gasteiger partial charge in [0.1, 0.15) is 0 Å². The molecule has 2 aromatic rings. The van der Waals surface area contributed by atoms with Crippen LogP contribution in [0.15, 0.2) is 38.8 Å². The van der Waals surface area contributed by atoms with E-state index in [1.807, 2.05) is 0 Å². The van der Waals surface area contributed by atoms with Crippen molar-refractivity contribution >= 4 is 27.7 Å². The van der Waals surface area contributed by atoms with E-state index in [9.17, 15) is 13.2 Å². The smallest absolute Gasteiger partial charge is 0.277 e. The Morgan fingerprint density at radius 2 is 1.47 bits per heavy atom. The molecule has 1 saturated heterocycles. The van der Waals surface area contributed by atoms with E-state index in [1.54, 1.807) is 24.3 Å². The second kappa shape index (κ2) is 11.6. The van der Waals surface area contributed by atoms with Crippen molar-refractivity contribution in [3.63, 3.8) is 0 Å². The van der Waals surface area contributed by atoms with Crippen LogP contribution < -0.4 is 0 Å². The van der Waals surface area contributed by atoms with Gasteiger partial charge in [0.2, 0.25) is 21.8 Å². The van der Waals surface area contributed by atoms with Crippen LogP contribution in [0.5, 0.6) is 0 Å². The van der Waals surface area contributed by atoms with Crippen LogP contribution in [0.4, 0.5) is 0 Å². The van der Waals surface area contributed by atoms with Gasteiger partial charge in [-0.3, -0.25) is 4.79 Å². The molecule has 196 valence electrons. The fourth-order valence-corrected chi connectivity index (χ4v) is 8.00. The highest BCUT2D eigenvalue weighted by Crippen LogP contribution is 2.32. The summed E-state index contributed by atoms with van der Waals surface area (Å²) in [4.78, 5) is 15.9. The molecule has 10 heteroatoms. The maximum atomic E-state index is 13.4. The second-order valence-electron chi connectivity index (χ2n) is 10.2. The normalized spacial score (nSPS) is 20.6. The summed E-state index contributed by atoms with van der Waals surface area (Å²) in [7, 11) is -3.46. The van der Waals surface area contributed by atoms with Gasteiger partial charge in [0.05, 0.1) is 10.6 Å². The Morgan fingerprint density at radius 3 is 2.06 bits per heavy atom. The van der Waals surface area contributed by atoms with E-state index in [2.05, 4.69) is 15.1 Å². The van der Waals surface area contributed by atoms with E-state index in [-0.39, 0.29) is 10.8 Å². The van der Waals surface area contributed by atoms with Crippen LogP contribution in [0.3, 0.4) is 0 Å². The highest BCUT2D eigenvalue weighted by atomic mass is 32.2. The molecule has 3 fully saturated rings. The lowest BCUT2D eigenvalue weighted by molar-refractivity contribution is -0.135. The van der Waals surface area contributed by atoms with Crippen LogP contribution in [-0.4, -0.2) is 64.7 Å². The van der Waals surface area contributed by atoms with E-state index < -0.39 is 10.0 Å². The number of carbonyl (C=O) groups is 1.